The summed E-state index contributed by atoms with van der Waals surface area (Å²) in [6.07, 6.45) is 0. The quantitative estimate of drug-likeness (QED) is 0.809. The van der Waals surface area contributed by atoms with E-state index in [-0.39, 0.29) is 11.7 Å². The molecule has 0 aliphatic rings. The first kappa shape index (κ1) is 12.2. The first-order valence-electron chi connectivity index (χ1n) is 5.49. The molecule has 2 heteroatoms. The summed E-state index contributed by atoms with van der Waals surface area (Å²) < 4.78 is 13.7. The topological polar surface area (TPSA) is 26.0 Å². The van der Waals surface area contributed by atoms with Crippen LogP contribution in [0.2, 0.25) is 0 Å². The molecule has 1 aromatic rings. The zero-order chi connectivity index (χ0) is 11.6. The van der Waals surface area contributed by atoms with Gasteiger partial charge in [-0.3, -0.25) is 0 Å². The molecule has 0 atom stereocenters. The monoisotopic (exact) mass is 209 g/mol. The van der Waals surface area contributed by atoms with Crippen molar-refractivity contribution in [3.05, 3.63) is 34.6 Å². The van der Waals surface area contributed by atoms with Gasteiger partial charge in [0, 0.05) is 6.54 Å². The van der Waals surface area contributed by atoms with Gasteiger partial charge in [-0.25, -0.2) is 4.39 Å². The number of rotatable bonds is 3. The molecule has 0 unspecified atom stereocenters. The Hall–Kier alpha value is -0.890. The van der Waals surface area contributed by atoms with Crippen LogP contribution in [0.25, 0.3) is 0 Å². The minimum atomic E-state index is -0.106. The minimum absolute atomic E-state index is 0.106. The van der Waals surface area contributed by atoms with Crippen LogP contribution in [0.1, 0.15) is 56.2 Å². The van der Waals surface area contributed by atoms with Crippen LogP contribution in [0.5, 0.6) is 0 Å². The third-order valence-electron chi connectivity index (χ3n) is 2.72. The lowest BCUT2D eigenvalue weighted by atomic mass is 9.91. The zero-order valence-electron chi connectivity index (χ0n) is 9.97. The molecule has 1 rings (SSSR count). The van der Waals surface area contributed by atoms with E-state index in [4.69, 9.17) is 5.73 Å². The molecular formula is C13H20FN. The van der Waals surface area contributed by atoms with Crippen LogP contribution in [0.3, 0.4) is 0 Å². The molecule has 1 aromatic carbocycles. The van der Waals surface area contributed by atoms with Crippen LogP contribution in [-0.4, -0.2) is 0 Å². The highest BCUT2D eigenvalue weighted by atomic mass is 19.1. The van der Waals surface area contributed by atoms with Gasteiger partial charge < -0.3 is 5.73 Å². The third-order valence-corrected chi connectivity index (χ3v) is 2.72. The Balaban J connectivity index is 3.29. The van der Waals surface area contributed by atoms with Gasteiger partial charge in [0.1, 0.15) is 5.82 Å². The molecule has 0 bridgehead atoms. The summed E-state index contributed by atoms with van der Waals surface area (Å²) in [5.41, 5.74) is 8.54. The average molecular weight is 209 g/mol. The summed E-state index contributed by atoms with van der Waals surface area (Å²) in [6.45, 7) is 8.58. The Kier molecular flexibility index (Phi) is 3.86. The highest BCUT2D eigenvalue weighted by Gasteiger charge is 2.13. The van der Waals surface area contributed by atoms with Crippen LogP contribution in [0.15, 0.2) is 12.1 Å². The first-order chi connectivity index (χ1) is 6.97. The van der Waals surface area contributed by atoms with Gasteiger partial charge in [-0.15, -0.1) is 0 Å². The van der Waals surface area contributed by atoms with Gasteiger partial charge in [0.2, 0.25) is 0 Å². The van der Waals surface area contributed by atoms with Crippen molar-refractivity contribution in [3.63, 3.8) is 0 Å². The predicted octanol–water partition coefficient (Wildman–Crippen LogP) is 3.53. The fourth-order valence-corrected chi connectivity index (χ4v) is 1.81. The second-order valence-electron chi connectivity index (χ2n) is 4.59. The van der Waals surface area contributed by atoms with E-state index in [0.717, 1.165) is 16.7 Å². The maximum Gasteiger partial charge on any atom is 0.126 e. The number of hydrogen-bond acceptors (Lipinski definition) is 1. The molecule has 0 amide bonds. The highest BCUT2D eigenvalue weighted by molar-refractivity contribution is 5.36. The summed E-state index contributed by atoms with van der Waals surface area (Å²) in [6, 6.07) is 3.55. The van der Waals surface area contributed by atoms with Gasteiger partial charge in [0.25, 0.3) is 0 Å². The second-order valence-corrected chi connectivity index (χ2v) is 4.59. The van der Waals surface area contributed by atoms with Crippen LogP contribution < -0.4 is 5.73 Å². The predicted molar refractivity (Wildman–Crippen MR) is 62.5 cm³/mol. The molecule has 15 heavy (non-hydrogen) atoms. The number of benzene rings is 1. The van der Waals surface area contributed by atoms with E-state index in [1.807, 2.05) is 19.9 Å². The van der Waals surface area contributed by atoms with Crippen LogP contribution in [0, 0.1) is 5.82 Å². The molecule has 0 saturated heterocycles. The largest absolute Gasteiger partial charge is 0.326 e. The molecule has 1 nitrogen and oxygen atoms in total. The number of halogens is 1. The van der Waals surface area contributed by atoms with E-state index in [2.05, 4.69) is 13.8 Å². The average Bonchev–Trinajstić information content (AvgIpc) is 2.16. The van der Waals surface area contributed by atoms with E-state index in [1.165, 1.54) is 0 Å². The molecule has 0 heterocycles. The Morgan fingerprint density at radius 2 is 1.60 bits per heavy atom. The zero-order valence-corrected chi connectivity index (χ0v) is 9.97. The van der Waals surface area contributed by atoms with Crippen molar-refractivity contribution in [1.82, 2.24) is 0 Å². The van der Waals surface area contributed by atoms with E-state index in [9.17, 15) is 4.39 Å². The maximum atomic E-state index is 13.7. The lowest BCUT2D eigenvalue weighted by molar-refractivity contribution is 0.592. The fraction of sp³-hybridized carbons (Fsp3) is 0.538. The summed E-state index contributed by atoms with van der Waals surface area (Å²) in [7, 11) is 0. The Bertz CT molecular complexity index is 343. The summed E-state index contributed by atoms with van der Waals surface area (Å²) in [5.74, 6) is 0.418. The van der Waals surface area contributed by atoms with Gasteiger partial charge in [-0.2, -0.15) is 0 Å². The molecule has 84 valence electrons. The van der Waals surface area contributed by atoms with Crippen LogP contribution in [0.4, 0.5) is 4.39 Å². The van der Waals surface area contributed by atoms with Crippen molar-refractivity contribution in [2.45, 2.75) is 46.1 Å². The van der Waals surface area contributed by atoms with Gasteiger partial charge >= 0.3 is 0 Å². The lowest BCUT2D eigenvalue weighted by Gasteiger charge is -2.16. The standard InChI is InChI=1S/C13H20FN/c1-8(2)11-6-13(14)12(9(3)4)5-10(11)7-15/h5-6,8-9H,7,15H2,1-4H3. The summed E-state index contributed by atoms with van der Waals surface area (Å²) in [5, 5.41) is 0. The molecular weight excluding hydrogens is 189 g/mol. The molecule has 0 aliphatic heterocycles. The first-order valence-corrected chi connectivity index (χ1v) is 5.49. The third kappa shape index (κ3) is 2.57. The minimum Gasteiger partial charge on any atom is -0.326 e. The molecule has 0 radical (unpaired) electrons. The van der Waals surface area contributed by atoms with Crippen molar-refractivity contribution >= 4 is 0 Å². The van der Waals surface area contributed by atoms with Crippen molar-refractivity contribution in [2.24, 2.45) is 5.73 Å². The Morgan fingerprint density at radius 1 is 1.07 bits per heavy atom. The Labute approximate surface area is 91.5 Å². The van der Waals surface area contributed by atoms with Gasteiger partial charge in [-0.1, -0.05) is 33.8 Å². The van der Waals surface area contributed by atoms with Crippen molar-refractivity contribution in [1.29, 1.82) is 0 Å². The van der Waals surface area contributed by atoms with Crippen molar-refractivity contribution in [2.75, 3.05) is 0 Å². The van der Waals surface area contributed by atoms with Gasteiger partial charge in [0.15, 0.2) is 0 Å². The van der Waals surface area contributed by atoms with Crippen molar-refractivity contribution in [3.8, 4) is 0 Å². The van der Waals surface area contributed by atoms with Crippen LogP contribution >= 0.6 is 0 Å². The summed E-state index contributed by atoms with van der Waals surface area (Å²) >= 11 is 0. The lowest BCUT2D eigenvalue weighted by Crippen LogP contribution is -2.06. The molecule has 2 N–H and O–H groups in total. The summed E-state index contributed by atoms with van der Waals surface area (Å²) in [4.78, 5) is 0. The molecule has 0 aromatic heterocycles. The highest BCUT2D eigenvalue weighted by Crippen LogP contribution is 2.26. The number of hydrogen-bond donors (Lipinski definition) is 1. The van der Waals surface area contributed by atoms with E-state index in [0.29, 0.717) is 12.5 Å². The van der Waals surface area contributed by atoms with Crippen molar-refractivity contribution < 1.29 is 4.39 Å². The molecule has 0 saturated carbocycles. The van der Waals surface area contributed by atoms with E-state index in [1.54, 1.807) is 6.07 Å². The molecule has 0 spiro atoms. The van der Waals surface area contributed by atoms with Gasteiger partial charge in [-0.05, 0) is 34.6 Å². The molecule has 0 fully saturated rings. The maximum absolute atomic E-state index is 13.7. The smallest absolute Gasteiger partial charge is 0.126 e. The van der Waals surface area contributed by atoms with Crippen LogP contribution in [-0.2, 0) is 6.54 Å². The van der Waals surface area contributed by atoms with Gasteiger partial charge in [0.05, 0.1) is 0 Å². The fourth-order valence-electron chi connectivity index (χ4n) is 1.81. The van der Waals surface area contributed by atoms with E-state index < -0.39 is 0 Å². The second kappa shape index (κ2) is 4.75. The number of nitrogens with two attached hydrogens (primary N) is 1. The van der Waals surface area contributed by atoms with E-state index >= 15 is 0 Å². The Morgan fingerprint density at radius 3 is 2.00 bits per heavy atom. The normalized spacial score (nSPS) is 11.5. The molecule has 0 aliphatic carbocycles. The SMILES string of the molecule is CC(C)c1cc(CN)c(C(C)C)cc1F.